The van der Waals surface area contributed by atoms with E-state index in [1.165, 1.54) is 5.56 Å². The van der Waals surface area contributed by atoms with Crippen LogP contribution in [0, 0.1) is 0 Å². The second-order valence-corrected chi connectivity index (χ2v) is 6.02. The fourth-order valence-corrected chi connectivity index (χ4v) is 3.02. The van der Waals surface area contributed by atoms with Crippen molar-refractivity contribution in [1.29, 1.82) is 0 Å². The first kappa shape index (κ1) is 18.5. The maximum absolute atomic E-state index is 12.7. The maximum atomic E-state index is 12.7. The molecule has 2 aromatic rings. The molecule has 1 amide bonds. The van der Waals surface area contributed by atoms with Gasteiger partial charge in [-0.1, -0.05) is 54.6 Å². The Balaban J connectivity index is 0.00000208. The summed E-state index contributed by atoms with van der Waals surface area (Å²) in [7, 11) is 0. The molecule has 128 valence electrons. The second-order valence-electron chi connectivity index (χ2n) is 6.02. The van der Waals surface area contributed by atoms with Crippen LogP contribution < -0.4 is 11.1 Å². The van der Waals surface area contributed by atoms with E-state index in [0.717, 1.165) is 17.5 Å². The van der Waals surface area contributed by atoms with Gasteiger partial charge in [-0.05, 0) is 30.0 Å². The Morgan fingerprint density at radius 2 is 1.88 bits per heavy atom. The number of hydrogen-bond acceptors (Lipinski definition) is 3. The Kier molecular flexibility index (Phi) is 5.99. The molecule has 5 heteroatoms. The molecule has 0 spiro atoms. The molecule has 0 aliphatic carbocycles. The minimum absolute atomic E-state index is 0. The van der Waals surface area contributed by atoms with Gasteiger partial charge in [0.25, 0.3) is 5.91 Å². The molecule has 2 atom stereocenters. The van der Waals surface area contributed by atoms with Crippen LogP contribution >= 0.6 is 12.4 Å². The van der Waals surface area contributed by atoms with E-state index in [1.54, 1.807) is 0 Å². The SMILES string of the molecule is CC1(C(=O)NCC(N)c2ccccc2)OCCc2ccccc21.Cl. The van der Waals surface area contributed by atoms with E-state index < -0.39 is 5.60 Å². The van der Waals surface area contributed by atoms with Gasteiger partial charge in [-0.2, -0.15) is 0 Å². The van der Waals surface area contributed by atoms with E-state index in [2.05, 4.69) is 11.4 Å². The Morgan fingerprint density at radius 1 is 1.21 bits per heavy atom. The van der Waals surface area contributed by atoms with Crippen molar-refractivity contribution in [3.63, 3.8) is 0 Å². The summed E-state index contributed by atoms with van der Waals surface area (Å²) in [5, 5.41) is 2.94. The number of fused-ring (bicyclic) bond motifs is 1. The third kappa shape index (κ3) is 3.61. The van der Waals surface area contributed by atoms with Gasteiger partial charge in [0.05, 0.1) is 6.61 Å². The molecular weight excluding hydrogens is 324 g/mol. The first-order valence-electron chi connectivity index (χ1n) is 7.92. The fraction of sp³-hybridized carbons (Fsp3) is 0.316. The first-order valence-corrected chi connectivity index (χ1v) is 7.92. The van der Waals surface area contributed by atoms with Crippen LogP contribution in [0.15, 0.2) is 54.6 Å². The molecule has 2 aromatic carbocycles. The molecular formula is C19H23ClN2O2. The van der Waals surface area contributed by atoms with E-state index in [-0.39, 0.29) is 24.4 Å². The van der Waals surface area contributed by atoms with Crippen LogP contribution in [0.25, 0.3) is 0 Å². The molecule has 24 heavy (non-hydrogen) atoms. The lowest BCUT2D eigenvalue weighted by atomic mass is 9.87. The summed E-state index contributed by atoms with van der Waals surface area (Å²) in [6, 6.07) is 17.5. The zero-order valence-corrected chi connectivity index (χ0v) is 14.5. The van der Waals surface area contributed by atoms with Crippen molar-refractivity contribution in [3.05, 3.63) is 71.3 Å². The Hall–Kier alpha value is -1.88. The highest BCUT2D eigenvalue weighted by Crippen LogP contribution is 2.33. The number of amides is 1. The molecule has 1 aliphatic heterocycles. The number of carbonyl (C=O) groups excluding carboxylic acids is 1. The van der Waals surface area contributed by atoms with Crippen molar-refractivity contribution >= 4 is 18.3 Å². The minimum Gasteiger partial charge on any atom is -0.360 e. The van der Waals surface area contributed by atoms with E-state index >= 15 is 0 Å². The van der Waals surface area contributed by atoms with E-state index in [1.807, 2.05) is 55.5 Å². The molecule has 1 aliphatic rings. The summed E-state index contributed by atoms with van der Waals surface area (Å²) in [6.07, 6.45) is 0.836. The number of rotatable bonds is 4. The Bertz CT molecular complexity index is 693. The largest absolute Gasteiger partial charge is 0.360 e. The molecule has 0 fully saturated rings. The first-order chi connectivity index (χ1) is 11.1. The fourth-order valence-electron chi connectivity index (χ4n) is 3.02. The lowest BCUT2D eigenvalue weighted by Gasteiger charge is -2.35. The minimum atomic E-state index is -0.953. The van der Waals surface area contributed by atoms with Crippen LogP contribution in [0.3, 0.4) is 0 Å². The molecule has 0 saturated heterocycles. The maximum Gasteiger partial charge on any atom is 0.256 e. The van der Waals surface area contributed by atoms with Crippen LogP contribution in [-0.4, -0.2) is 19.1 Å². The second kappa shape index (κ2) is 7.79. The number of carbonyl (C=O) groups is 1. The van der Waals surface area contributed by atoms with Crippen molar-refractivity contribution in [1.82, 2.24) is 5.32 Å². The Labute approximate surface area is 148 Å². The number of nitrogens with one attached hydrogen (secondary N) is 1. The molecule has 0 radical (unpaired) electrons. The van der Waals surface area contributed by atoms with E-state index in [0.29, 0.717) is 13.2 Å². The molecule has 3 rings (SSSR count). The molecule has 0 saturated carbocycles. The summed E-state index contributed by atoms with van der Waals surface area (Å²) in [5.41, 5.74) is 8.32. The van der Waals surface area contributed by atoms with Gasteiger partial charge < -0.3 is 15.8 Å². The van der Waals surface area contributed by atoms with Gasteiger partial charge in [-0.15, -0.1) is 12.4 Å². The number of halogens is 1. The summed E-state index contributed by atoms with van der Waals surface area (Å²) in [4.78, 5) is 12.7. The smallest absolute Gasteiger partial charge is 0.256 e. The van der Waals surface area contributed by atoms with Crippen LogP contribution in [0.4, 0.5) is 0 Å². The quantitative estimate of drug-likeness (QED) is 0.894. The highest BCUT2D eigenvalue weighted by atomic mass is 35.5. The number of nitrogens with two attached hydrogens (primary N) is 1. The highest BCUT2D eigenvalue weighted by molar-refractivity contribution is 5.87. The van der Waals surface area contributed by atoms with Gasteiger partial charge in [-0.25, -0.2) is 0 Å². The van der Waals surface area contributed by atoms with Crippen molar-refractivity contribution in [2.75, 3.05) is 13.2 Å². The lowest BCUT2D eigenvalue weighted by molar-refractivity contribution is -0.148. The van der Waals surface area contributed by atoms with Crippen molar-refractivity contribution in [3.8, 4) is 0 Å². The summed E-state index contributed by atoms with van der Waals surface area (Å²) in [5.74, 6) is -0.143. The van der Waals surface area contributed by atoms with E-state index in [4.69, 9.17) is 10.5 Å². The Morgan fingerprint density at radius 3 is 2.62 bits per heavy atom. The third-order valence-electron chi connectivity index (χ3n) is 4.44. The van der Waals surface area contributed by atoms with E-state index in [9.17, 15) is 4.79 Å². The number of benzene rings is 2. The van der Waals surface area contributed by atoms with Gasteiger partial charge >= 0.3 is 0 Å². The molecule has 2 unspecified atom stereocenters. The molecule has 1 heterocycles. The topological polar surface area (TPSA) is 64.4 Å². The van der Waals surface area contributed by atoms with Crippen LogP contribution in [0.2, 0.25) is 0 Å². The summed E-state index contributed by atoms with van der Waals surface area (Å²) in [6.45, 7) is 2.75. The van der Waals surface area contributed by atoms with Crippen molar-refractivity contribution in [2.24, 2.45) is 5.73 Å². The van der Waals surface area contributed by atoms with Gasteiger partial charge in [-0.3, -0.25) is 4.79 Å². The zero-order valence-electron chi connectivity index (χ0n) is 13.7. The standard InChI is InChI=1S/C19H22N2O2.ClH/c1-19(16-10-6-5-7-14(16)11-12-23-19)18(22)21-13-17(20)15-8-3-2-4-9-15;/h2-10,17H,11-13,20H2,1H3,(H,21,22);1H. The summed E-state index contributed by atoms with van der Waals surface area (Å²) >= 11 is 0. The average molecular weight is 347 g/mol. The molecule has 0 aromatic heterocycles. The van der Waals surface area contributed by atoms with Gasteiger partial charge in [0.1, 0.15) is 0 Å². The predicted octanol–water partition coefficient (Wildman–Crippen LogP) is 2.71. The molecule has 4 nitrogen and oxygen atoms in total. The van der Waals surface area contributed by atoms with Crippen LogP contribution in [0.5, 0.6) is 0 Å². The lowest BCUT2D eigenvalue weighted by Crippen LogP contribution is -2.48. The average Bonchev–Trinajstić information content (AvgIpc) is 2.60. The molecule has 3 N–H and O–H groups in total. The zero-order chi connectivity index (χ0) is 16.3. The van der Waals surface area contributed by atoms with Crippen molar-refractivity contribution in [2.45, 2.75) is 25.0 Å². The van der Waals surface area contributed by atoms with Crippen LogP contribution in [0.1, 0.15) is 29.7 Å². The van der Waals surface area contributed by atoms with Crippen molar-refractivity contribution < 1.29 is 9.53 Å². The highest BCUT2D eigenvalue weighted by Gasteiger charge is 2.40. The van der Waals surface area contributed by atoms with Gasteiger partial charge in [0, 0.05) is 12.6 Å². The number of hydrogen-bond donors (Lipinski definition) is 2. The third-order valence-corrected chi connectivity index (χ3v) is 4.44. The summed E-state index contributed by atoms with van der Waals surface area (Å²) < 4.78 is 5.84. The molecule has 0 bridgehead atoms. The van der Waals surface area contributed by atoms with Gasteiger partial charge in [0.15, 0.2) is 5.60 Å². The number of ether oxygens (including phenoxy) is 1. The monoisotopic (exact) mass is 346 g/mol. The normalized spacial score (nSPS) is 20.4. The van der Waals surface area contributed by atoms with Crippen LogP contribution in [-0.2, 0) is 21.6 Å². The van der Waals surface area contributed by atoms with Gasteiger partial charge in [0.2, 0.25) is 0 Å². The predicted molar refractivity (Wildman–Crippen MR) is 97.1 cm³/mol.